The summed E-state index contributed by atoms with van der Waals surface area (Å²) in [7, 11) is 0. The van der Waals surface area contributed by atoms with Crippen molar-refractivity contribution < 1.29 is 19.8 Å². The number of nitrogens with one attached hydrogen (secondary N) is 2. The van der Waals surface area contributed by atoms with Crippen molar-refractivity contribution in [2.75, 3.05) is 37.7 Å². The Labute approximate surface area is 279 Å². The van der Waals surface area contributed by atoms with Gasteiger partial charge in [-0.25, -0.2) is 0 Å². The molecule has 5 fully saturated rings. The fraction of sp³-hybridized carbons (Fsp3) is 0.611. The number of amides is 1. The van der Waals surface area contributed by atoms with Gasteiger partial charge in [0.2, 0.25) is 5.91 Å². The van der Waals surface area contributed by atoms with Gasteiger partial charge >= 0.3 is 0 Å². The molecule has 2 aromatic carbocycles. The van der Waals surface area contributed by atoms with Crippen molar-refractivity contribution in [2.45, 2.75) is 77.9 Å². The molecule has 46 heavy (non-hydrogen) atoms. The molecule has 4 N–H and O–H groups in total. The van der Waals surface area contributed by atoms with E-state index in [-0.39, 0.29) is 18.6 Å². The third kappa shape index (κ3) is 6.65. The number of aliphatic hydroxyl groups is 2. The van der Waals surface area contributed by atoms with Gasteiger partial charge in [0, 0.05) is 50.4 Å². The van der Waals surface area contributed by atoms with Crippen molar-refractivity contribution in [1.82, 2.24) is 20.6 Å². The lowest BCUT2D eigenvalue weighted by Gasteiger charge is -2.62. The molecule has 0 radical (unpaired) electrons. The summed E-state index contributed by atoms with van der Waals surface area (Å²) in [5.74, 6) is 0.964. The topological polar surface area (TPSA) is 101 Å². The zero-order valence-corrected chi connectivity index (χ0v) is 28.5. The number of aliphatic hydroxyl groups excluding tert-OH is 2. The highest BCUT2D eigenvalue weighted by Gasteiger charge is 2.57. The lowest BCUT2D eigenvalue weighted by Crippen LogP contribution is -2.62. The van der Waals surface area contributed by atoms with Crippen LogP contribution in [0.5, 0.6) is 0 Å². The Balaban J connectivity index is 1.09. The van der Waals surface area contributed by atoms with Gasteiger partial charge in [-0.05, 0) is 78.4 Å². The summed E-state index contributed by atoms with van der Waals surface area (Å²) in [6.07, 6.45) is 0.758. The lowest BCUT2D eigenvalue weighted by molar-refractivity contribution is -0.183. The van der Waals surface area contributed by atoms with Gasteiger partial charge in [0.25, 0.3) is 0 Å². The monoisotopic (exact) mass is 649 g/mol. The Morgan fingerprint density at radius 3 is 2.43 bits per heavy atom. The van der Waals surface area contributed by atoms with Gasteiger partial charge in [-0.1, -0.05) is 63.2 Å². The molecular weight excluding hydrogens is 598 g/mol. The molecule has 0 aromatic heterocycles. The van der Waals surface area contributed by atoms with Gasteiger partial charge in [0.15, 0.2) is 5.11 Å². The number of hydrogen-bond donors (Lipinski definition) is 4. The second kappa shape index (κ2) is 13.8. The first-order valence-corrected chi connectivity index (χ1v) is 17.4. The SMILES string of the molecule is C[C@@H]1[C@@H](NC(=O)[C@@H]2[C@H]([C@H](C)O)[C@H](CO)ON2Cc2cccc(N3CCN(C(=S)NCc4ccccc4)CC3)c2)C[C@H]2C[C@@H]1C2(C)C. The van der Waals surface area contributed by atoms with E-state index in [2.05, 4.69) is 65.5 Å². The van der Waals surface area contributed by atoms with Gasteiger partial charge in [-0.15, -0.1) is 0 Å². The first-order valence-electron chi connectivity index (χ1n) is 17.0. The molecule has 7 rings (SSSR count). The van der Waals surface area contributed by atoms with E-state index < -0.39 is 24.2 Å². The van der Waals surface area contributed by atoms with Crippen LogP contribution in [-0.4, -0.2) is 88.3 Å². The Morgan fingerprint density at radius 1 is 1.07 bits per heavy atom. The number of thiocarbonyl (C=S) groups is 1. The highest BCUT2D eigenvalue weighted by Crippen LogP contribution is 2.61. The smallest absolute Gasteiger partial charge is 0.240 e. The predicted molar refractivity (Wildman–Crippen MR) is 184 cm³/mol. The summed E-state index contributed by atoms with van der Waals surface area (Å²) >= 11 is 5.69. The predicted octanol–water partition coefficient (Wildman–Crippen LogP) is 3.54. The zero-order valence-electron chi connectivity index (χ0n) is 27.6. The average molecular weight is 650 g/mol. The number of piperazine rings is 1. The molecule has 0 spiro atoms. The van der Waals surface area contributed by atoms with Crippen LogP contribution < -0.4 is 15.5 Å². The summed E-state index contributed by atoms with van der Waals surface area (Å²) in [4.78, 5) is 24.8. The number of nitrogens with zero attached hydrogens (tertiary/aromatic N) is 3. The minimum absolute atomic E-state index is 0.109. The van der Waals surface area contributed by atoms with Gasteiger partial charge in [-0.3, -0.25) is 9.63 Å². The maximum absolute atomic E-state index is 14.0. The Bertz CT molecular complexity index is 1370. The number of hydrogen-bond acceptors (Lipinski definition) is 7. The largest absolute Gasteiger partial charge is 0.394 e. The molecule has 3 aliphatic carbocycles. The van der Waals surface area contributed by atoms with Crippen molar-refractivity contribution in [2.24, 2.45) is 29.1 Å². The van der Waals surface area contributed by atoms with E-state index in [1.807, 2.05) is 30.3 Å². The van der Waals surface area contributed by atoms with Crippen LogP contribution in [0.3, 0.4) is 0 Å². The van der Waals surface area contributed by atoms with Crippen LogP contribution in [0.1, 0.15) is 51.7 Å². The molecule has 2 bridgehead atoms. The van der Waals surface area contributed by atoms with Crippen LogP contribution in [0.2, 0.25) is 0 Å². The molecule has 2 heterocycles. The van der Waals surface area contributed by atoms with E-state index in [9.17, 15) is 15.0 Å². The molecule has 8 atom stereocenters. The maximum atomic E-state index is 14.0. The zero-order chi connectivity index (χ0) is 32.6. The van der Waals surface area contributed by atoms with Crippen LogP contribution in [0.4, 0.5) is 5.69 Å². The van der Waals surface area contributed by atoms with Gasteiger partial charge in [0.05, 0.1) is 19.3 Å². The first-order chi connectivity index (χ1) is 22.1. The van der Waals surface area contributed by atoms with Crippen molar-refractivity contribution in [3.8, 4) is 0 Å². The quantitative estimate of drug-likeness (QED) is 0.304. The summed E-state index contributed by atoms with van der Waals surface area (Å²) in [5, 5.41) is 30.2. The van der Waals surface area contributed by atoms with E-state index in [0.29, 0.717) is 36.3 Å². The van der Waals surface area contributed by atoms with Crippen LogP contribution >= 0.6 is 12.2 Å². The number of carbonyl (C=O) groups is 1. The second-order valence-electron chi connectivity index (χ2n) is 14.5. The van der Waals surface area contributed by atoms with Crippen molar-refractivity contribution >= 4 is 28.9 Å². The molecule has 1 amide bonds. The highest BCUT2D eigenvalue weighted by molar-refractivity contribution is 7.80. The molecule has 5 aliphatic rings. The van der Waals surface area contributed by atoms with Gasteiger partial charge in [-0.2, -0.15) is 5.06 Å². The van der Waals surface area contributed by atoms with Gasteiger partial charge in [0.1, 0.15) is 12.1 Å². The highest BCUT2D eigenvalue weighted by atomic mass is 32.1. The van der Waals surface area contributed by atoms with E-state index in [0.717, 1.165) is 49.0 Å². The third-order valence-electron chi connectivity index (χ3n) is 11.5. The summed E-state index contributed by atoms with van der Waals surface area (Å²) in [6, 6.07) is 18.0. The third-order valence-corrected chi connectivity index (χ3v) is 11.9. The van der Waals surface area contributed by atoms with Crippen molar-refractivity contribution in [3.63, 3.8) is 0 Å². The number of rotatable bonds is 9. The second-order valence-corrected chi connectivity index (χ2v) is 14.9. The lowest BCUT2D eigenvalue weighted by atomic mass is 9.45. The summed E-state index contributed by atoms with van der Waals surface area (Å²) in [5.41, 5.74) is 3.66. The minimum Gasteiger partial charge on any atom is -0.394 e. The Kier molecular flexibility index (Phi) is 9.92. The molecular formula is C36H51N5O4S. The standard InChI is InChI=1S/C36H51N5O4S/c1-23-29-18-27(36(29,3)4)19-30(23)38-34(44)33-32(24(2)43)31(22-42)45-41(33)21-26-11-8-12-28(17-26)39-13-15-40(16-14-39)35(46)37-20-25-9-6-5-7-10-25/h5-12,17,23-24,27,29-33,42-43H,13-16,18-22H2,1-4H3,(H,37,46)(H,38,44)/t23-,24-,27+,29-,30-,31-,32+,33-/m0/s1. The minimum atomic E-state index is -0.815. The molecule has 9 nitrogen and oxygen atoms in total. The van der Waals surface area contributed by atoms with E-state index in [1.54, 1.807) is 12.0 Å². The number of hydroxylamine groups is 2. The van der Waals surface area contributed by atoms with E-state index in [4.69, 9.17) is 17.1 Å². The fourth-order valence-electron chi connectivity index (χ4n) is 8.57. The van der Waals surface area contributed by atoms with Crippen LogP contribution in [0.15, 0.2) is 54.6 Å². The molecule has 2 aromatic rings. The molecule has 2 aliphatic heterocycles. The van der Waals surface area contributed by atoms with E-state index in [1.165, 1.54) is 12.0 Å². The van der Waals surface area contributed by atoms with E-state index >= 15 is 0 Å². The molecule has 3 saturated carbocycles. The first kappa shape index (κ1) is 33.2. The van der Waals surface area contributed by atoms with Crippen molar-refractivity contribution in [1.29, 1.82) is 0 Å². The summed E-state index contributed by atoms with van der Waals surface area (Å²) < 4.78 is 0. The Morgan fingerprint density at radius 2 is 1.78 bits per heavy atom. The average Bonchev–Trinajstić information content (AvgIpc) is 3.43. The maximum Gasteiger partial charge on any atom is 0.240 e. The van der Waals surface area contributed by atoms with Crippen LogP contribution in [-0.2, 0) is 22.7 Å². The number of benzene rings is 2. The molecule has 2 saturated heterocycles. The van der Waals surface area contributed by atoms with Crippen LogP contribution in [0, 0.1) is 29.1 Å². The van der Waals surface area contributed by atoms with Gasteiger partial charge < -0.3 is 30.6 Å². The number of carbonyl (C=O) groups excluding carboxylic acids is 1. The Hall–Kier alpha value is -2.76. The fourth-order valence-corrected chi connectivity index (χ4v) is 8.82. The number of anilines is 1. The molecule has 0 unspecified atom stereocenters. The normalized spacial score (nSPS) is 31.2. The molecule has 10 heteroatoms. The van der Waals surface area contributed by atoms with Crippen LogP contribution in [0.25, 0.3) is 0 Å². The van der Waals surface area contributed by atoms with Crippen molar-refractivity contribution in [3.05, 3.63) is 65.7 Å². The molecule has 250 valence electrons. The summed E-state index contributed by atoms with van der Waals surface area (Å²) in [6.45, 7) is 12.8. The number of fused-ring (bicyclic) bond motifs is 2.